The van der Waals surface area contributed by atoms with E-state index < -0.39 is 5.60 Å². The van der Waals surface area contributed by atoms with Crippen LogP contribution in [0.2, 0.25) is 0 Å². The Bertz CT molecular complexity index is 338. The second kappa shape index (κ2) is 5.18. The highest BCUT2D eigenvalue weighted by atomic mass is 16.3. The van der Waals surface area contributed by atoms with Crippen LogP contribution in [0, 0.1) is 11.3 Å². The van der Waals surface area contributed by atoms with Gasteiger partial charge in [0.05, 0.1) is 5.69 Å². The average molecular weight is 235 g/mol. The summed E-state index contributed by atoms with van der Waals surface area (Å²) >= 11 is 0. The van der Waals surface area contributed by atoms with Crippen molar-refractivity contribution in [3.63, 3.8) is 0 Å². The number of nitrogens with zero attached hydrogens (tertiary/aromatic N) is 1. The number of rotatable bonds is 4. The number of hydrogen-bond acceptors (Lipinski definition) is 2. The summed E-state index contributed by atoms with van der Waals surface area (Å²) in [5.74, 6) is 0.234. The molecule has 0 aliphatic carbocycles. The van der Waals surface area contributed by atoms with E-state index in [1.54, 1.807) is 6.20 Å². The zero-order chi connectivity index (χ0) is 13.1. The van der Waals surface area contributed by atoms with Gasteiger partial charge in [0.25, 0.3) is 0 Å². The van der Waals surface area contributed by atoms with Gasteiger partial charge in [-0.2, -0.15) is 0 Å². The summed E-state index contributed by atoms with van der Waals surface area (Å²) in [5.41, 5.74) is -0.295. The monoisotopic (exact) mass is 235 g/mol. The maximum Gasteiger partial charge on any atom is 0.114 e. The van der Waals surface area contributed by atoms with Crippen molar-refractivity contribution >= 4 is 0 Å². The fourth-order valence-electron chi connectivity index (χ4n) is 2.67. The average Bonchev–Trinajstić information content (AvgIpc) is 2.30. The van der Waals surface area contributed by atoms with Crippen LogP contribution in [0.15, 0.2) is 24.4 Å². The molecule has 1 unspecified atom stereocenters. The zero-order valence-electron chi connectivity index (χ0n) is 11.7. The molecule has 17 heavy (non-hydrogen) atoms. The quantitative estimate of drug-likeness (QED) is 0.862. The third-order valence-electron chi connectivity index (χ3n) is 3.78. The zero-order valence-corrected chi connectivity index (χ0v) is 11.7. The molecule has 0 amide bonds. The van der Waals surface area contributed by atoms with Gasteiger partial charge in [-0.1, -0.05) is 53.5 Å². The highest BCUT2D eigenvalue weighted by Crippen LogP contribution is 2.46. The van der Waals surface area contributed by atoms with Gasteiger partial charge in [-0.05, 0) is 23.5 Å². The minimum atomic E-state index is -0.863. The molecule has 1 aromatic rings. The fourth-order valence-corrected chi connectivity index (χ4v) is 2.67. The molecule has 0 aliphatic rings. The predicted molar refractivity (Wildman–Crippen MR) is 71.7 cm³/mol. The van der Waals surface area contributed by atoms with E-state index in [0.29, 0.717) is 0 Å². The van der Waals surface area contributed by atoms with Crippen LogP contribution in [0.4, 0.5) is 0 Å². The Labute approximate surface area is 105 Å². The summed E-state index contributed by atoms with van der Waals surface area (Å²) in [7, 11) is 0. The molecular weight excluding hydrogens is 210 g/mol. The van der Waals surface area contributed by atoms with E-state index in [1.807, 2.05) is 18.2 Å². The van der Waals surface area contributed by atoms with Crippen LogP contribution in [0.3, 0.4) is 0 Å². The first-order valence-electron chi connectivity index (χ1n) is 6.51. The summed E-state index contributed by atoms with van der Waals surface area (Å²) in [4.78, 5) is 4.38. The van der Waals surface area contributed by atoms with Crippen LogP contribution in [-0.2, 0) is 5.60 Å². The largest absolute Gasteiger partial charge is 0.383 e. The summed E-state index contributed by atoms with van der Waals surface area (Å²) in [6.45, 7) is 10.5. The second-order valence-corrected chi connectivity index (χ2v) is 5.74. The van der Waals surface area contributed by atoms with Crippen LogP contribution in [0.25, 0.3) is 0 Å². The third-order valence-corrected chi connectivity index (χ3v) is 3.78. The number of pyridine rings is 1. The van der Waals surface area contributed by atoms with Crippen LogP contribution >= 0.6 is 0 Å². The molecule has 1 aromatic heterocycles. The van der Waals surface area contributed by atoms with Crippen LogP contribution in [0.1, 0.15) is 53.2 Å². The first kappa shape index (κ1) is 14.2. The molecule has 2 nitrogen and oxygen atoms in total. The van der Waals surface area contributed by atoms with Crippen molar-refractivity contribution in [1.82, 2.24) is 4.98 Å². The van der Waals surface area contributed by atoms with E-state index in [2.05, 4.69) is 39.6 Å². The van der Waals surface area contributed by atoms with Gasteiger partial charge in [-0.3, -0.25) is 4.98 Å². The SMILES string of the molecule is CCC(CC)C(O)(c1ccccn1)C(C)(C)C. The van der Waals surface area contributed by atoms with E-state index in [4.69, 9.17) is 0 Å². The third kappa shape index (κ3) is 2.52. The molecule has 0 radical (unpaired) electrons. The van der Waals surface area contributed by atoms with Gasteiger partial charge >= 0.3 is 0 Å². The summed E-state index contributed by atoms with van der Waals surface area (Å²) < 4.78 is 0. The molecule has 96 valence electrons. The lowest BCUT2D eigenvalue weighted by Crippen LogP contribution is -2.46. The van der Waals surface area contributed by atoms with Crippen molar-refractivity contribution in [2.75, 3.05) is 0 Å². The van der Waals surface area contributed by atoms with Crippen molar-refractivity contribution < 1.29 is 5.11 Å². The van der Waals surface area contributed by atoms with Crippen LogP contribution in [-0.4, -0.2) is 10.1 Å². The Morgan fingerprint density at radius 1 is 1.18 bits per heavy atom. The lowest BCUT2D eigenvalue weighted by molar-refractivity contribution is -0.118. The minimum Gasteiger partial charge on any atom is -0.383 e. The van der Waals surface area contributed by atoms with Gasteiger partial charge in [0, 0.05) is 6.20 Å². The summed E-state index contributed by atoms with van der Waals surface area (Å²) in [6, 6.07) is 5.77. The van der Waals surface area contributed by atoms with Gasteiger partial charge < -0.3 is 5.11 Å². The Hall–Kier alpha value is -0.890. The maximum atomic E-state index is 11.2. The van der Waals surface area contributed by atoms with Crippen LogP contribution < -0.4 is 0 Å². The van der Waals surface area contributed by atoms with Crippen LogP contribution in [0.5, 0.6) is 0 Å². The van der Waals surface area contributed by atoms with E-state index >= 15 is 0 Å². The molecule has 0 saturated heterocycles. The molecule has 1 atom stereocenters. The van der Waals surface area contributed by atoms with Gasteiger partial charge in [0.15, 0.2) is 0 Å². The highest BCUT2D eigenvalue weighted by Gasteiger charge is 2.47. The van der Waals surface area contributed by atoms with Gasteiger partial charge in [0.1, 0.15) is 5.60 Å². The van der Waals surface area contributed by atoms with Gasteiger partial charge in [-0.15, -0.1) is 0 Å². The molecule has 0 fully saturated rings. The molecule has 0 bridgehead atoms. The van der Waals surface area contributed by atoms with Gasteiger partial charge in [-0.25, -0.2) is 0 Å². The number of aromatic nitrogens is 1. The van der Waals surface area contributed by atoms with Crippen molar-refractivity contribution in [2.24, 2.45) is 11.3 Å². The number of hydrogen-bond donors (Lipinski definition) is 1. The predicted octanol–water partition coefficient (Wildman–Crippen LogP) is 3.75. The Kier molecular flexibility index (Phi) is 4.31. The molecule has 0 saturated carbocycles. The van der Waals surface area contributed by atoms with Crippen molar-refractivity contribution in [3.8, 4) is 0 Å². The van der Waals surface area contributed by atoms with Gasteiger partial charge in [0.2, 0.25) is 0 Å². The molecule has 2 heteroatoms. The molecule has 1 heterocycles. The number of aliphatic hydroxyl groups is 1. The summed E-state index contributed by atoms with van der Waals surface area (Å²) in [6.07, 6.45) is 3.68. The first-order chi connectivity index (χ1) is 7.87. The van der Waals surface area contributed by atoms with E-state index in [-0.39, 0.29) is 11.3 Å². The second-order valence-electron chi connectivity index (χ2n) is 5.74. The highest BCUT2D eigenvalue weighted by molar-refractivity contribution is 5.18. The Morgan fingerprint density at radius 2 is 1.76 bits per heavy atom. The first-order valence-corrected chi connectivity index (χ1v) is 6.51. The smallest absolute Gasteiger partial charge is 0.114 e. The lowest BCUT2D eigenvalue weighted by atomic mass is 9.65. The fraction of sp³-hybridized carbons (Fsp3) is 0.667. The molecule has 0 aliphatic heterocycles. The summed E-state index contributed by atoms with van der Waals surface area (Å²) in [5, 5.41) is 11.2. The molecule has 1 rings (SSSR count). The maximum absolute atomic E-state index is 11.2. The van der Waals surface area contributed by atoms with E-state index in [1.165, 1.54) is 0 Å². The molecule has 0 aromatic carbocycles. The minimum absolute atomic E-state index is 0.224. The van der Waals surface area contributed by atoms with E-state index in [0.717, 1.165) is 18.5 Å². The Morgan fingerprint density at radius 3 is 2.12 bits per heavy atom. The van der Waals surface area contributed by atoms with Crippen molar-refractivity contribution in [1.29, 1.82) is 0 Å². The Balaban J connectivity index is 3.30. The normalized spacial score (nSPS) is 15.9. The standard InChI is InChI=1S/C15H25NO/c1-6-12(7-2)15(17,14(3,4)5)13-10-8-9-11-16-13/h8-12,17H,6-7H2,1-5H3. The lowest BCUT2D eigenvalue weighted by Gasteiger charge is -2.45. The molecule has 0 spiro atoms. The molecular formula is C15H25NO. The van der Waals surface area contributed by atoms with E-state index in [9.17, 15) is 5.11 Å². The van der Waals surface area contributed by atoms with Crippen molar-refractivity contribution in [2.45, 2.75) is 53.1 Å². The van der Waals surface area contributed by atoms with Crippen molar-refractivity contribution in [3.05, 3.63) is 30.1 Å². The molecule has 1 N–H and O–H groups in total. The topological polar surface area (TPSA) is 33.1 Å².